The Labute approximate surface area is 358 Å². The van der Waals surface area contributed by atoms with Gasteiger partial charge in [-0.1, -0.05) is 141 Å². The summed E-state index contributed by atoms with van der Waals surface area (Å²) in [5.74, 6) is 0. The molecule has 0 radical (unpaired) electrons. The summed E-state index contributed by atoms with van der Waals surface area (Å²) in [5.41, 5.74) is 17.8. The van der Waals surface area contributed by atoms with Crippen molar-refractivity contribution in [3.8, 4) is 11.1 Å². The fraction of sp³-hybridized carbons (Fsp3) is 0.320. The predicted octanol–water partition coefficient (Wildman–Crippen LogP) is 14.9. The summed E-state index contributed by atoms with van der Waals surface area (Å²) < 4.78 is 6.10. The van der Waals surface area contributed by atoms with Crippen LogP contribution in [0.2, 0.25) is 12.6 Å². The van der Waals surface area contributed by atoms with E-state index in [-0.39, 0.29) is 26.5 Å². The fourth-order valence-electron chi connectivity index (χ4n) is 9.61. The molecule has 5 aromatic carbocycles. The zero-order valence-electron chi connectivity index (χ0n) is 34.7. The average molecular weight is 880 g/mol. The number of nitrogens with zero attached hydrogens (tertiary/aromatic N) is 1. The second-order valence-corrected chi connectivity index (χ2v) is 24.7. The molecule has 0 amide bonds. The Morgan fingerprint density at radius 1 is 0.679 bits per heavy atom. The summed E-state index contributed by atoms with van der Waals surface area (Å²) in [4.78, 5) is 2.73. The van der Waals surface area contributed by atoms with Crippen LogP contribution in [0.1, 0.15) is 103 Å². The van der Waals surface area contributed by atoms with Crippen molar-refractivity contribution >= 4 is 41.6 Å². The summed E-state index contributed by atoms with van der Waals surface area (Å²) in [6.45, 7) is 15.5. The van der Waals surface area contributed by atoms with Gasteiger partial charge in [-0.25, -0.2) is 0 Å². The van der Waals surface area contributed by atoms with Crippen LogP contribution in [0.5, 0.6) is 0 Å². The van der Waals surface area contributed by atoms with Crippen molar-refractivity contribution in [2.75, 3.05) is 11.5 Å². The first-order chi connectivity index (χ1) is 26.1. The van der Waals surface area contributed by atoms with Crippen molar-refractivity contribution in [2.24, 2.45) is 0 Å². The summed E-state index contributed by atoms with van der Waals surface area (Å²) in [5, 5.41) is 1.70. The van der Waals surface area contributed by atoms with Crippen LogP contribution in [0, 0.1) is 28.7 Å². The topological polar surface area (TPSA) is 12.5 Å². The Morgan fingerprint density at radius 2 is 1.23 bits per heavy atom. The van der Waals surface area contributed by atoms with Gasteiger partial charge in [0.05, 0.1) is 19.7 Å². The van der Waals surface area contributed by atoms with Crippen molar-refractivity contribution in [1.82, 2.24) is 0 Å². The molecule has 0 fully saturated rings. The number of ether oxygens (including phenoxy) is 1. The van der Waals surface area contributed by atoms with Crippen molar-refractivity contribution < 1.29 is 25.6 Å². The summed E-state index contributed by atoms with van der Waals surface area (Å²) >= 11 is -0.826. The number of halogens is 2. The monoisotopic (exact) mass is 877 g/mol. The van der Waals surface area contributed by atoms with E-state index in [0.29, 0.717) is 5.54 Å². The number of anilines is 1. The number of benzene rings is 5. The molecule has 1 heterocycles. The summed E-state index contributed by atoms with van der Waals surface area (Å²) in [6.07, 6.45) is 4.84. The van der Waals surface area contributed by atoms with Gasteiger partial charge in [0.25, 0.3) is 0 Å². The maximum absolute atomic E-state index is 6.10. The first kappa shape index (κ1) is 44.4. The van der Waals surface area contributed by atoms with Crippen molar-refractivity contribution in [2.45, 2.75) is 96.6 Å². The molecule has 0 N–H and O–H groups in total. The minimum absolute atomic E-state index is 0. The van der Waals surface area contributed by atoms with Crippen molar-refractivity contribution in [3.05, 3.63) is 175 Å². The molecule has 2 atom stereocenters. The molecule has 5 aromatic rings. The second-order valence-electron chi connectivity index (χ2n) is 16.6. The van der Waals surface area contributed by atoms with Crippen LogP contribution in [0.25, 0.3) is 21.9 Å². The van der Waals surface area contributed by atoms with Gasteiger partial charge < -0.3 is 24.5 Å². The van der Waals surface area contributed by atoms with Crippen LogP contribution in [0.4, 0.5) is 5.69 Å². The zero-order valence-corrected chi connectivity index (χ0v) is 39.7. The molecule has 0 saturated heterocycles. The maximum atomic E-state index is 6.10. The quantitative estimate of drug-likeness (QED) is 0.0745. The molecule has 3 aliphatic rings. The normalized spacial score (nSPS) is 15.9. The Bertz CT molecular complexity index is 2110. The van der Waals surface area contributed by atoms with Gasteiger partial charge in [0.2, 0.25) is 0 Å². The van der Waals surface area contributed by atoms with E-state index in [1.54, 1.807) is 21.9 Å². The van der Waals surface area contributed by atoms with Gasteiger partial charge in [-0.3, -0.25) is 0 Å². The molecule has 2 nitrogen and oxygen atoms in total. The van der Waals surface area contributed by atoms with Gasteiger partial charge in [-0.2, -0.15) is 0 Å². The standard InChI is InChI=1S/C48H53NOSi.2CH3.2ClH.Zr/c1-33-27-28-43-42(31-33)44-45(49(43)32-35-20-10-9-19-34(35)2)38-23-13-16-26-41(38)47(44)51(6,30-18-8-7-17-29-50-48(3,4)5)46-39-24-14-11-21-36(39)37-22-12-15-25-40(37)46;;;;;/h9-16,19-28,31,45-46H,7-8,17-18,29-30,32H2,1-6H3;2*1H3;2*1H;/q;2*-1;;;+4/p-2. The van der Waals surface area contributed by atoms with E-state index in [4.69, 9.17) is 21.8 Å². The average Bonchev–Trinajstić information content (AvgIpc) is 3.78. The number of rotatable bonds is 11. The molecule has 2 aliphatic carbocycles. The number of fused-ring (bicyclic) bond motifs is 8. The van der Waals surface area contributed by atoms with Gasteiger partial charge in [-0.05, 0) is 108 Å². The molecule has 0 aromatic heterocycles. The third-order valence-corrected chi connectivity index (χ3v) is 16.9. The van der Waals surface area contributed by atoms with Gasteiger partial charge >= 0.3 is 37.9 Å². The van der Waals surface area contributed by atoms with E-state index >= 15 is 0 Å². The summed E-state index contributed by atoms with van der Waals surface area (Å²) in [6, 6.07) is 45.8. The molecule has 56 heavy (non-hydrogen) atoms. The van der Waals surface area contributed by atoms with Crippen molar-refractivity contribution in [3.63, 3.8) is 0 Å². The molecule has 6 heteroatoms. The Morgan fingerprint density at radius 3 is 1.86 bits per heavy atom. The molecule has 0 spiro atoms. The number of unbranched alkanes of at least 4 members (excludes halogenated alkanes) is 3. The van der Waals surface area contributed by atoms with E-state index in [0.717, 1.165) is 19.6 Å². The van der Waals surface area contributed by atoms with Gasteiger partial charge in [-0.15, -0.1) is 0 Å². The van der Waals surface area contributed by atoms with Crippen molar-refractivity contribution in [1.29, 1.82) is 0 Å². The third-order valence-electron chi connectivity index (χ3n) is 11.9. The van der Waals surface area contributed by atoms with Crippen LogP contribution >= 0.6 is 17.0 Å². The first-order valence-electron chi connectivity index (χ1n) is 19.6. The first-order valence-corrected chi connectivity index (χ1v) is 28.7. The molecule has 1 aliphatic heterocycles. The Balaban J connectivity index is 0.00000116. The van der Waals surface area contributed by atoms with Gasteiger partial charge in [0.15, 0.2) is 0 Å². The number of hydrogen-bond acceptors (Lipinski definition) is 2. The molecule has 0 bridgehead atoms. The zero-order chi connectivity index (χ0) is 38.0. The van der Waals surface area contributed by atoms with E-state index in [2.05, 4.69) is 161 Å². The van der Waals surface area contributed by atoms with Gasteiger partial charge in [0, 0.05) is 29.9 Å². The Kier molecular flexibility index (Phi) is 15.0. The Hall–Kier alpha value is -2.72. The molecular weight excluding hydrogens is 821 g/mol. The second kappa shape index (κ2) is 18.9. The van der Waals surface area contributed by atoms with E-state index < -0.39 is 28.9 Å². The third kappa shape index (κ3) is 8.67. The van der Waals surface area contributed by atoms with Crippen LogP contribution in [-0.2, 0) is 32.1 Å². The van der Waals surface area contributed by atoms with Crippen LogP contribution in [-0.4, -0.2) is 20.3 Å². The van der Waals surface area contributed by atoms with Crippen LogP contribution in [0.3, 0.4) is 0 Å². The molecule has 292 valence electrons. The summed E-state index contributed by atoms with van der Waals surface area (Å²) in [7, 11) is 7.55. The van der Waals surface area contributed by atoms with E-state index in [9.17, 15) is 0 Å². The fourth-order valence-corrected chi connectivity index (χ4v) is 15.0. The number of aryl methyl sites for hydroxylation is 2. The molecule has 0 saturated carbocycles. The minimum atomic E-state index is -2.32. The van der Waals surface area contributed by atoms with Crippen LogP contribution in [0.15, 0.2) is 115 Å². The van der Waals surface area contributed by atoms with Gasteiger partial charge in [0.1, 0.15) is 0 Å². The van der Waals surface area contributed by atoms with Crippen LogP contribution < -0.4 is 4.90 Å². The number of hydrogen-bond donors (Lipinski definition) is 0. The van der Waals surface area contributed by atoms with E-state index in [1.807, 2.05) is 0 Å². The predicted molar refractivity (Wildman–Crippen MR) is 243 cm³/mol. The molecule has 2 unspecified atom stereocenters. The molecule has 8 rings (SSSR count). The molecular formula is C50H59Cl2NOSiZr. The SMILES string of the molecule is Cc1ccc2c(c1)C1=C([Si](C)(CCCCCCOC(C)(C)C)C3c4ccccc4-c4ccccc43)c3ccccc3C1N2Cc1ccccc1C.[CH3-].[CH3-].[Cl][Zr+2][Cl]. The van der Waals surface area contributed by atoms with E-state index in [1.165, 1.54) is 75.5 Å².